The Morgan fingerprint density at radius 2 is 1.93 bits per heavy atom. The van der Waals surface area contributed by atoms with Crippen LogP contribution in [0.1, 0.15) is 5.56 Å². The molecule has 2 aromatic carbocycles. The largest absolute Gasteiger partial charge is 0.464 e. The summed E-state index contributed by atoms with van der Waals surface area (Å²) >= 11 is 6.29. The molecule has 0 N–H and O–H groups in total. The van der Waals surface area contributed by atoms with Crippen molar-refractivity contribution in [1.82, 2.24) is 9.47 Å². The third-order valence-corrected chi connectivity index (χ3v) is 6.08. The van der Waals surface area contributed by atoms with Crippen LogP contribution >= 0.6 is 11.6 Å². The van der Waals surface area contributed by atoms with Crippen LogP contribution in [-0.2, 0) is 13.5 Å². The fourth-order valence-electron chi connectivity index (χ4n) is 4.15. The molecule has 0 atom stereocenters. The Hall–Kier alpha value is -2.77. The van der Waals surface area contributed by atoms with Crippen LogP contribution in [0.25, 0.3) is 22.1 Å². The number of piperazine rings is 1. The van der Waals surface area contributed by atoms with Gasteiger partial charge >= 0.3 is 5.76 Å². The molecule has 1 fully saturated rings. The molecule has 5 rings (SSSR count). The van der Waals surface area contributed by atoms with E-state index in [-0.39, 0.29) is 5.82 Å². The molecule has 2 aromatic heterocycles. The Morgan fingerprint density at radius 1 is 1.13 bits per heavy atom. The van der Waals surface area contributed by atoms with Crippen LogP contribution in [0, 0.1) is 5.82 Å². The summed E-state index contributed by atoms with van der Waals surface area (Å²) in [5, 5.41) is 1.42. The lowest BCUT2D eigenvalue weighted by atomic mass is 10.1. The van der Waals surface area contributed by atoms with Gasteiger partial charge in [-0.25, -0.2) is 9.18 Å². The number of nitrogens with zero attached hydrogens (tertiary/aromatic N) is 3. The second kappa shape index (κ2) is 7.49. The smallest absolute Gasteiger partial charge is 0.419 e. The molecule has 0 spiro atoms. The van der Waals surface area contributed by atoms with Gasteiger partial charge in [-0.05, 0) is 42.3 Å². The van der Waals surface area contributed by atoms with E-state index in [1.165, 1.54) is 16.7 Å². The van der Waals surface area contributed by atoms with E-state index in [9.17, 15) is 9.18 Å². The zero-order valence-corrected chi connectivity index (χ0v) is 17.3. The number of fused-ring (bicyclic) bond motifs is 2. The van der Waals surface area contributed by atoms with E-state index < -0.39 is 5.76 Å². The van der Waals surface area contributed by atoms with Crippen molar-refractivity contribution in [2.24, 2.45) is 7.05 Å². The molecule has 4 aromatic rings. The molecule has 8 heteroatoms. The number of anilines is 1. The van der Waals surface area contributed by atoms with E-state index in [2.05, 4.69) is 9.80 Å². The molecule has 1 aliphatic heterocycles. The number of aromatic nitrogens is 1. The summed E-state index contributed by atoms with van der Waals surface area (Å²) in [6, 6.07) is 8.22. The first kappa shape index (κ1) is 19.2. The predicted molar refractivity (Wildman–Crippen MR) is 115 cm³/mol. The lowest BCUT2D eigenvalue weighted by Crippen LogP contribution is -2.47. The van der Waals surface area contributed by atoms with Crippen LogP contribution in [0.2, 0.25) is 5.02 Å². The molecule has 0 radical (unpaired) electrons. The second-order valence-corrected chi connectivity index (χ2v) is 8.12. The van der Waals surface area contributed by atoms with Crippen molar-refractivity contribution >= 4 is 39.4 Å². The number of halogens is 2. The molecular weight excluding hydrogens is 409 g/mol. The third kappa shape index (κ3) is 3.38. The van der Waals surface area contributed by atoms with Crippen molar-refractivity contribution < 1.29 is 13.2 Å². The number of oxazole rings is 1. The topological polar surface area (TPSA) is 54.8 Å². The van der Waals surface area contributed by atoms with Crippen LogP contribution in [-0.4, -0.2) is 42.2 Å². The summed E-state index contributed by atoms with van der Waals surface area (Å²) in [5.41, 5.74) is 3.86. The average Bonchev–Trinajstić information content (AvgIpc) is 3.27. The molecule has 0 unspecified atom stereocenters. The second-order valence-electron chi connectivity index (χ2n) is 7.68. The fraction of sp³-hybridized carbons (Fsp3) is 0.318. The molecule has 0 saturated carbocycles. The molecular formula is C22H21ClFN3O3. The van der Waals surface area contributed by atoms with Crippen molar-refractivity contribution in [1.29, 1.82) is 0 Å². The summed E-state index contributed by atoms with van der Waals surface area (Å²) in [7, 11) is 1.68. The minimum Gasteiger partial charge on any atom is -0.464 e. The summed E-state index contributed by atoms with van der Waals surface area (Å²) in [5.74, 6) is -0.643. The van der Waals surface area contributed by atoms with Gasteiger partial charge in [-0.2, -0.15) is 0 Å². The maximum absolute atomic E-state index is 13.6. The minimum absolute atomic E-state index is 0.251. The van der Waals surface area contributed by atoms with Gasteiger partial charge in [0.1, 0.15) is 11.4 Å². The molecule has 0 bridgehead atoms. The van der Waals surface area contributed by atoms with Gasteiger partial charge in [-0.3, -0.25) is 9.47 Å². The van der Waals surface area contributed by atoms with Crippen LogP contribution in [0.3, 0.4) is 0 Å². The van der Waals surface area contributed by atoms with E-state index in [0.717, 1.165) is 55.8 Å². The van der Waals surface area contributed by atoms with E-state index in [1.807, 2.05) is 6.07 Å². The molecule has 6 nitrogen and oxygen atoms in total. The van der Waals surface area contributed by atoms with Crippen molar-refractivity contribution in [3.8, 4) is 0 Å². The van der Waals surface area contributed by atoms with E-state index in [4.69, 9.17) is 20.4 Å². The molecule has 30 heavy (non-hydrogen) atoms. The first-order valence-electron chi connectivity index (χ1n) is 9.91. The first-order chi connectivity index (χ1) is 14.5. The van der Waals surface area contributed by atoms with Crippen LogP contribution < -0.4 is 10.7 Å². The molecule has 3 heterocycles. The number of hydrogen-bond acceptors (Lipinski definition) is 5. The zero-order valence-electron chi connectivity index (χ0n) is 16.5. The predicted octanol–water partition coefficient (Wildman–Crippen LogP) is 4.03. The van der Waals surface area contributed by atoms with Crippen molar-refractivity contribution in [3.05, 3.63) is 63.5 Å². The normalized spacial score (nSPS) is 15.5. The summed E-state index contributed by atoms with van der Waals surface area (Å²) < 4.78 is 26.0. The van der Waals surface area contributed by atoms with Crippen LogP contribution in [0.4, 0.5) is 10.1 Å². The van der Waals surface area contributed by atoms with Gasteiger partial charge in [0, 0.05) is 50.2 Å². The van der Waals surface area contributed by atoms with Gasteiger partial charge in [0.25, 0.3) is 0 Å². The van der Waals surface area contributed by atoms with E-state index in [0.29, 0.717) is 21.7 Å². The SMILES string of the molecule is Cn1c(=O)oc2c(N3CCN(CCc4coc5ccc(F)cc45)CC3)cc(Cl)cc21. The van der Waals surface area contributed by atoms with Gasteiger partial charge < -0.3 is 13.7 Å². The van der Waals surface area contributed by atoms with Crippen molar-refractivity contribution in [3.63, 3.8) is 0 Å². The van der Waals surface area contributed by atoms with Crippen LogP contribution in [0.5, 0.6) is 0 Å². The van der Waals surface area contributed by atoms with Crippen molar-refractivity contribution in [2.75, 3.05) is 37.6 Å². The Bertz CT molecular complexity index is 1280. The highest BCUT2D eigenvalue weighted by atomic mass is 35.5. The highest BCUT2D eigenvalue weighted by Crippen LogP contribution is 2.31. The fourth-order valence-corrected chi connectivity index (χ4v) is 4.35. The van der Waals surface area contributed by atoms with Gasteiger partial charge in [0.2, 0.25) is 0 Å². The average molecular weight is 430 g/mol. The summed E-state index contributed by atoms with van der Waals surface area (Å²) in [6.45, 7) is 4.21. The summed E-state index contributed by atoms with van der Waals surface area (Å²) in [6.07, 6.45) is 2.52. The summed E-state index contributed by atoms with van der Waals surface area (Å²) in [4.78, 5) is 16.5. The Kier molecular flexibility index (Phi) is 4.79. The standard InChI is InChI=1S/C22H21ClFN3O3/c1-25-18-10-15(23)11-19(21(18)30-22(25)28)27-8-6-26(7-9-27)5-4-14-13-29-20-3-2-16(24)12-17(14)20/h2-3,10-13H,4-9H2,1H3. The number of aryl methyl sites for hydroxylation is 1. The Labute approximate surface area is 177 Å². The minimum atomic E-state index is -0.393. The van der Waals surface area contributed by atoms with Gasteiger partial charge in [-0.15, -0.1) is 0 Å². The third-order valence-electron chi connectivity index (χ3n) is 5.87. The highest BCUT2D eigenvalue weighted by Gasteiger charge is 2.22. The van der Waals surface area contributed by atoms with E-state index in [1.54, 1.807) is 25.4 Å². The lowest BCUT2D eigenvalue weighted by Gasteiger charge is -2.36. The van der Waals surface area contributed by atoms with Crippen molar-refractivity contribution in [2.45, 2.75) is 6.42 Å². The quantitative estimate of drug-likeness (QED) is 0.490. The molecule has 0 aliphatic carbocycles. The van der Waals surface area contributed by atoms with Crippen LogP contribution in [0.15, 0.2) is 50.2 Å². The lowest BCUT2D eigenvalue weighted by molar-refractivity contribution is 0.261. The Balaban J connectivity index is 1.28. The number of hydrogen-bond donors (Lipinski definition) is 0. The maximum Gasteiger partial charge on any atom is 0.419 e. The first-order valence-corrected chi connectivity index (χ1v) is 10.3. The van der Waals surface area contributed by atoms with E-state index >= 15 is 0 Å². The monoisotopic (exact) mass is 429 g/mol. The van der Waals surface area contributed by atoms with Gasteiger partial charge in [0.15, 0.2) is 5.58 Å². The molecule has 1 saturated heterocycles. The highest BCUT2D eigenvalue weighted by molar-refractivity contribution is 6.31. The van der Waals surface area contributed by atoms with Gasteiger partial charge in [-0.1, -0.05) is 11.6 Å². The van der Waals surface area contributed by atoms with Gasteiger partial charge in [0.05, 0.1) is 17.5 Å². The number of benzene rings is 2. The number of furan rings is 1. The molecule has 1 aliphatic rings. The maximum atomic E-state index is 13.6. The molecule has 0 amide bonds. The number of rotatable bonds is 4. The zero-order chi connectivity index (χ0) is 20.8. The Morgan fingerprint density at radius 3 is 2.73 bits per heavy atom. The molecule has 156 valence electrons.